The van der Waals surface area contributed by atoms with Crippen molar-refractivity contribution in [3.05, 3.63) is 12.0 Å². The van der Waals surface area contributed by atoms with Gasteiger partial charge in [-0.3, -0.25) is 0 Å². The largest absolute Gasteiger partial charge is 0.476 e. The molecule has 88 valence electrons. The molecule has 0 aliphatic carbocycles. The van der Waals surface area contributed by atoms with E-state index in [1.807, 2.05) is 4.90 Å². The molecule has 16 heavy (non-hydrogen) atoms. The summed E-state index contributed by atoms with van der Waals surface area (Å²) in [6, 6.07) is 0.785. The van der Waals surface area contributed by atoms with Gasteiger partial charge < -0.3 is 14.4 Å². The zero-order chi connectivity index (χ0) is 11.7. The molecule has 0 saturated carbocycles. The Morgan fingerprint density at radius 3 is 2.94 bits per heavy atom. The molecule has 0 aromatic carbocycles. The lowest BCUT2D eigenvalue weighted by molar-refractivity contribution is 0.0690. The first-order chi connectivity index (χ1) is 7.58. The van der Waals surface area contributed by atoms with Crippen LogP contribution in [0.5, 0.6) is 0 Å². The minimum Gasteiger partial charge on any atom is -0.476 e. The average molecular weight is 224 g/mol. The second kappa shape index (κ2) is 4.15. The Bertz CT molecular complexity index is 388. The molecule has 2 rings (SSSR count). The van der Waals surface area contributed by atoms with E-state index in [2.05, 4.69) is 18.8 Å². The molecule has 1 saturated heterocycles. The van der Waals surface area contributed by atoms with Crippen LogP contribution in [-0.2, 0) is 0 Å². The number of piperidine rings is 1. The van der Waals surface area contributed by atoms with Gasteiger partial charge in [-0.25, -0.2) is 4.79 Å². The molecule has 2 heterocycles. The summed E-state index contributed by atoms with van der Waals surface area (Å²) in [7, 11) is 0. The van der Waals surface area contributed by atoms with Crippen molar-refractivity contribution >= 4 is 12.0 Å². The third-order valence-corrected chi connectivity index (χ3v) is 3.07. The molecular weight excluding hydrogens is 208 g/mol. The highest BCUT2D eigenvalue weighted by Gasteiger charge is 2.26. The molecule has 0 radical (unpaired) electrons. The number of nitrogens with zero attached hydrogens (tertiary/aromatic N) is 2. The minimum absolute atomic E-state index is 0.0274. The third-order valence-electron chi connectivity index (χ3n) is 3.07. The highest BCUT2D eigenvalue weighted by Crippen LogP contribution is 2.26. The number of carbonyl (C=O) groups is 1. The Labute approximate surface area is 94.1 Å². The SMILES string of the molecule is CC1CCC(C)N(c2nc(C(=O)O)co2)C1. The van der Waals surface area contributed by atoms with E-state index in [1.165, 1.54) is 12.7 Å². The number of aromatic carboxylic acids is 1. The molecule has 1 aromatic heterocycles. The number of rotatable bonds is 2. The van der Waals surface area contributed by atoms with Crippen LogP contribution >= 0.6 is 0 Å². The van der Waals surface area contributed by atoms with Gasteiger partial charge in [-0.05, 0) is 25.7 Å². The number of anilines is 1. The van der Waals surface area contributed by atoms with Crippen LogP contribution in [0, 0.1) is 5.92 Å². The smallest absolute Gasteiger partial charge is 0.357 e. The summed E-state index contributed by atoms with van der Waals surface area (Å²) in [4.78, 5) is 16.7. The molecule has 1 N–H and O–H groups in total. The fourth-order valence-corrected chi connectivity index (χ4v) is 2.05. The van der Waals surface area contributed by atoms with Gasteiger partial charge in [-0.1, -0.05) is 6.92 Å². The molecule has 0 spiro atoms. The van der Waals surface area contributed by atoms with Gasteiger partial charge in [-0.2, -0.15) is 4.98 Å². The van der Waals surface area contributed by atoms with Crippen LogP contribution in [0.3, 0.4) is 0 Å². The van der Waals surface area contributed by atoms with Crippen LogP contribution in [-0.4, -0.2) is 28.6 Å². The van der Waals surface area contributed by atoms with Crippen molar-refractivity contribution in [2.24, 2.45) is 5.92 Å². The van der Waals surface area contributed by atoms with E-state index in [1.54, 1.807) is 0 Å². The predicted octanol–water partition coefficient (Wildman–Crippen LogP) is 2.00. The first kappa shape index (κ1) is 11.0. The quantitative estimate of drug-likeness (QED) is 0.832. The molecule has 1 aromatic rings. The first-order valence-electron chi connectivity index (χ1n) is 5.53. The molecule has 1 fully saturated rings. The molecule has 2 unspecified atom stereocenters. The number of carboxylic acids is 1. The Morgan fingerprint density at radius 2 is 2.31 bits per heavy atom. The second-order valence-corrected chi connectivity index (χ2v) is 4.50. The van der Waals surface area contributed by atoms with Gasteiger partial charge in [0, 0.05) is 12.6 Å². The van der Waals surface area contributed by atoms with E-state index in [4.69, 9.17) is 9.52 Å². The van der Waals surface area contributed by atoms with E-state index < -0.39 is 5.97 Å². The van der Waals surface area contributed by atoms with Crippen molar-refractivity contribution in [1.82, 2.24) is 4.98 Å². The summed E-state index contributed by atoms with van der Waals surface area (Å²) < 4.78 is 5.22. The summed E-state index contributed by atoms with van der Waals surface area (Å²) in [6.07, 6.45) is 3.49. The maximum absolute atomic E-state index is 10.7. The lowest BCUT2D eigenvalue weighted by atomic mass is 9.95. The minimum atomic E-state index is -1.05. The van der Waals surface area contributed by atoms with Crippen molar-refractivity contribution < 1.29 is 14.3 Å². The lowest BCUT2D eigenvalue weighted by Gasteiger charge is -2.35. The standard InChI is InChI=1S/C11H16N2O3/c1-7-3-4-8(2)13(5-7)11-12-9(6-16-11)10(14)15/h6-8H,3-5H2,1-2H3,(H,14,15). The van der Waals surface area contributed by atoms with Gasteiger partial charge >= 0.3 is 5.97 Å². The number of hydrogen-bond donors (Lipinski definition) is 1. The van der Waals surface area contributed by atoms with E-state index in [0.717, 1.165) is 13.0 Å². The van der Waals surface area contributed by atoms with E-state index in [9.17, 15) is 4.79 Å². The van der Waals surface area contributed by atoms with Crippen molar-refractivity contribution in [1.29, 1.82) is 0 Å². The normalized spacial score (nSPS) is 25.8. The van der Waals surface area contributed by atoms with Gasteiger partial charge in [0.15, 0.2) is 5.69 Å². The Hall–Kier alpha value is -1.52. The molecule has 5 heteroatoms. The lowest BCUT2D eigenvalue weighted by Crippen LogP contribution is -2.41. The van der Waals surface area contributed by atoms with Crippen LogP contribution in [0.4, 0.5) is 6.01 Å². The van der Waals surface area contributed by atoms with Crippen molar-refractivity contribution in [3.8, 4) is 0 Å². The Balaban J connectivity index is 2.18. The van der Waals surface area contributed by atoms with Gasteiger partial charge in [0.05, 0.1) is 0 Å². The third kappa shape index (κ3) is 2.03. The fraction of sp³-hybridized carbons (Fsp3) is 0.636. The topological polar surface area (TPSA) is 66.6 Å². The molecule has 2 atom stereocenters. The number of oxazole rings is 1. The summed E-state index contributed by atoms with van der Waals surface area (Å²) in [5, 5.41) is 8.77. The monoisotopic (exact) mass is 224 g/mol. The van der Waals surface area contributed by atoms with Gasteiger partial charge in [0.25, 0.3) is 6.01 Å². The molecule has 5 nitrogen and oxygen atoms in total. The second-order valence-electron chi connectivity index (χ2n) is 4.50. The zero-order valence-corrected chi connectivity index (χ0v) is 9.51. The average Bonchev–Trinajstić information content (AvgIpc) is 2.70. The van der Waals surface area contributed by atoms with E-state index in [0.29, 0.717) is 18.0 Å². The van der Waals surface area contributed by atoms with E-state index >= 15 is 0 Å². The maximum atomic E-state index is 10.7. The van der Waals surface area contributed by atoms with Crippen molar-refractivity contribution in [3.63, 3.8) is 0 Å². The molecule has 0 bridgehead atoms. The number of aromatic nitrogens is 1. The van der Waals surface area contributed by atoms with Gasteiger partial charge in [0.2, 0.25) is 0 Å². The van der Waals surface area contributed by atoms with Crippen LogP contribution in [0.15, 0.2) is 10.7 Å². The van der Waals surface area contributed by atoms with Crippen LogP contribution in [0.1, 0.15) is 37.2 Å². The molecule has 0 amide bonds. The van der Waals surface area contributed by atoms with Crippen LogP contribution < -0.4 is 4.90 Å². The van der Waals surface area contributed by atoms with Crippen molar-refractivity contribution in [2.45, 2.75) is 32.7 Å². The van der Waals surface area contributed by atoms with Crippen LogP contribution in [0.25, 0.3) is 0 Å². The molecule has 1 aliphatic rings. The predicted molar refractivity (Wildman–Crippen MR) is 58.7 cm³/mol. The number of carboxylic acid groups (broad SMARTS) is 1. The molecule has 1 aliphatic heterocycles. The number of hydrogen-bond acceptors (Lipinski definition) is 4. The summed E-state index contributed by atoms with van der Waals surface area (Å²) in [5.41, 5.74) is -0.0274. The maximum Gasteiger partial charge on any atom is 0.357 e. The highest BCUT2D eigenvalue weighted by atomic mass is 16.4. The van der Waals surface area contributed by atoms with E-state index in [-0.39, 0.29) is 5.69 Å². The fourth-order valence-electron chi connectivity index (χ4n) is 2.05. The van der Waals surface area contributed by atoms with Gasteiger partial charge in [0.1, 0.15) is 6.26 Å². The highest BCUT2D eigenvalue weighted by molar-refractivity contribution is 5.85. The van der Waals surface area contributed by atoms with Gasteiger partial charge in [-0.15, -0.1) is 0 Å². The Morgan fingerprint density at radius 1 is 1.56 bits per heavy atom. The molecular formula is C11H16N2O3. The first-order valence-corrected chi connectivity index (χ1v) is 5.53. The zero-order valence-electron chi connectivity index (χ0n) is 9.51. The van der Waals surface area contributed by atoms with Crippen LogP contribution in [0.2, 0.25) is 0 Å². The summed E-state index contributed by atoms with van der Waals surface area (Å²) in [5.74, 6) is -0.455. The Kier molecular flexibility index (Phi) is 2.85. The summed E-state index contributed by atoms with van der Waals surface area (Å²) >= 11 is 0. The summed E-state index contributed by atoms with van der Waals surface area (Å²) in [6.45, 7) is 5.16. The van der Waals surface area contributed by atoms with Crippen molar-refractivity contribution in [2.75, 3.05) is 11.4 Å².